The van der Waals surface area contributed by atoms with Crippen LogP contribution in [0.1, 0.15) is 15.9 Å². The maximum absolute atomic E-state index is 12.9. The summed E-state index contributed by atoms with van der Waals surface area (Å²) in [4.78, 5) is 12.6. The average Bonchev–Trinajstić information content (AvgIpc) is 2.66. The molecule has 0 amide bonds. The summed E-state index contributed by atoms with van der Waals surface area (Å²) < 4.78 is 35.4. The van der Waals surface area contributed by atoms with Gasteiger partial charge >= 0.3 is 7.47 Å². The van der Waals surface area contributed by atoms with Crippen molar-refractivity contribution < 1.29 is 22.8 Å². The van der Waals surface area contributed by atoms with Gasteiger partial charge in [0.2, 0.25) is 0 Å². The number of hydrogen-bond donors (Lipinski definition) is 0. The molecular weight excluding hydrogens is 337 g/mol. The van der Waals surface area contributed by atoms with Crippen LogP contribution in [0.4, 0.5) is 8.63 Å². The Morgan fingerprint density at radius 3 is 2.42 bits per heavy atom. The Kier molecular flexibility index (Phi) is 5.32. The molecule has 0 saturated heterocycles. The summed E-state index contributed by atoms with van der Waals surface area (Å²) in [5.41, 5.74) is 0.880. The van der Waals surface area contributed by atoms with Crippen molar-refractivity contribution in [3.8, 4) is 11.5 Å². The Morgan fingerprint density at radius 1 is 1.00 bits per heavy atom. The molecule has 0 bridgehead atoms. The molecule has 0 spiro atoms. The van der Waals surface area contributed by atoms with Gasteiger partial charge in [0.05, 0.1) is 12.7 Å². The first kappa shape index (κ1) is 17.7. The zero-order chi connectivity index (χ0) is 18.5. The molecule has 0 aliphatic rings. The third-order valence-electron chi connectivity index (χ3n) is 3.89. The Labute approximate surface area is 150 Å². The normalized spacial score (nSPS) is 10.9. The van der Waals surface area contributed by atoms with Crippen LogP contribution in [0.5, 0.6) is 11.5 Å². The summed E-state index contributed by atoms with van der Waals surface area (Å²) >= 11 is 0. The second-order valence-electron chi connectivity index (χ2n) is 5.51. The van der Waals surface area contributed by atoms with E-state index in [4.69, 9.17) is 4.74 Å². The minimum absolute atomic E-state index is 0.0914. The highest BCUT2D eigenvalue weighted by atomic mass is 19.2. The van der Waals surface area contributed by atoms with Gasteiger partial charge in [-0.2, -0.15) is 0 Å². The maximum atomic E-state index is 12.9. The molecule has 3 aromatic carbocycles. The van der Waals surface area contributed by atoms with Gasteiger partial charge in [-0.25, -0.2) is 8.63 Å². The lowest BCUT2D eigenvalue weighted by atomic mass is 10.0. The molecule has 0 unspecified atom stereocenters. The second kappa shape index (κ2) is 7.82. The number of hydrogen-bond acceptors (Lipinski definition) is 3. The highest BCUT2D eigenvalue weighted by Crippen LogP contribution is 2.31. The summed E-state index contributed by atoms with van der Waals surface area (Å²) in [6.45, 7) is 0. The molecule has 0 aromatic heterocycles. The lowest BCUT2D eigenvalue weighted by Crippen LogP contribution is -2.12. The standard InChI is InChI=1S/C20H15BF2O3/c1-25-16-10-6-14(7-11-16)8-13-19(24)18-12-9-15-4-2-3-5-17(15)20(18)26-21(22)23/h2-13H,1H3/b13-8+. The Bertz CT molecular complexity index is 953. The minimum Gasteiger partial charge on any atom is -0.504 e. The number of fused-ring (bicyclic) bond motifs is 1. The molecule has 0 radical (unpaired) electrons. The van der Waals surface area contributed by atoms with Crippen LogP contribution in [0.15, 0.2) is 66.7 Å². The van der Waals surface area contributed by atoms with Gasteiger partial charge in [0.25, 0.3) is 0 Å². The van der Waals surface area contributed by atoms with Crippen LogP contribution in [0.2, 0.25) is 0 Å². The van der Waals surface area contributed by atoms with E-state index < -0.39 is 13.3 Å². The van der Waals surface area contributed by atoms with Crippen molar-refractivity contribution in [2.24, 2.45) is 0 Å². The van der Waals surface area contributed by atoms with Crippen LogP contribution in [-0.2, 0) is 0 Å². The Morgan fingerprint density at radius 2 is 1.73 bits per heavy atom. The van der Waals surface area contributed by atoms with Crippen LogP contribution in [0, 0.1) is 0 Å². The van der Waals surface area contributed by atoms with E-state index in [-0.39, 0.29) is 11.3 Å². The molecule has 0 heterocycles. The fourth-order valence-electron chi connectivity index (χ4n) is 2.63. The summed E-state index contributed by atoms with van der Waals surface area (Å²) in [5.74, 6) is 0.181. The maximum Gasteiger partial charge on any atom is 0.796 e. The molecular formula is C20H15BF2O3. The summed E-state index contributed by atoms with van der Waals surface area (Å²) in [6, 6.07) is 17.3. The first-order valence-corrected chi connectivity index (χ1v) is 7.91. The van der Waals surface area contributed by atoms with Gasteiger partial charge in [-0.15, -0.1) is 0 Å². The Balaban J connectivity index is 1.95. The molecule has 3 rings (SSSR count). The van der Waals surface area contributed by atoms with Crippen molar-refractivity contribution in [2.75, 3.05) is 7.11 Å². The lowest BCUT2D eigenvalue weighted by Gasteiger charge is -2.11. The number of allylic oxidation sites excluding steroid dienone is 1. The molecule has 0 aliphatic heterocycles. The number of benzene rings is 3. The zero-order valence-corrected chi connectivity index (χ0v) is 14.0. The van der Waals surface area contributed by atoms with Gasteiger partial charge in [-0.1, -0.05) is 48.5 Å². The molecule has 26 heavy (non-hydrogen) atoms. The van der Waals surface area contributed by atoms with E-state index in [9.17, 15) is 13.4 Å². The molecule has 0 atom stereocenters. The zero-order valence-electron chi connectivity index (χ0n) is 14.0. The van der Waals surface area contributed by atoms with Gasteiger partial charge < -0.3 is 9.39 Å². The number of carbonyl (C=O) groups is 1. The van der Waals surface area contributed by atoms with E-state index in [2.05, 4.69) is 4.65 Å². The van der Waals surface area contributed by atoms with E-state index in [0.717, 1.165) is 10.9 Å². The first-order chi connectivity index (χ1) is 12.6. The fourth-order valence-corrected chi connectivity index (χ4v) is 2.63. The molecule has 130 valence electrons. The number of ether oxygens (including phenoxy) is 1. The fraction of sp³-hybridized carbons (Fsp3) is 0.0500. The van der Waals surface area contributed by atoms with Crippen molar-refractivity contribution in [1.29, 1.82) is 0 Å². The largest absolute Gasteiger partial charge is 0.796 e. The van der Waals surface area contributed by atoms with Crippen molar-refractivity contribution in [3.05, 3.63) is 77.9 Å². The third kappa shape index (κ3) is 3.91. The second-order valence-corrected chi connectivity index (χ2v) is 5.51. The van der Waals surface area contributed by atoms with Gasteiger partial charge in [-0.3, -0.25) is 4.79 Å². The summed E-state index contributed by atoms with van der Waals surface area (Å²) in [5, 5.41) is 1.19. The smallest absolute Gasteiger partial charge is 0.504 e. The SMILES string of the molecule is COc1ccc(/C=C/C(=O)c2ccc3ccccc3c2OB(F)F)cc1. The molecule has 3 nitrogen and oxygen atoms in total. The van der Waals surface area contributed by atoms with Gasteiger partial charge in [0, 0.05) is 5.39 Å². The molecule has 6 heteroatoms. The predicted molar refractivity (Wildman–Crippen MR) is 98.9 cm³/mol. The van der Waals surface area contributed by atoms with E-state index in [1.807, 2.05) is 0 Å². The summed E-state index contributed by atoms with van der Waals surface area (Å²) in [7, 11) is -1.45. The van der Waals surface area contributed by atoms with Crippen LogP contribution in [-0.4, -0.2) is 20.4 Å². The molecule has 0 N–H and O–H groups in total. The molecule has 3 aromatic rings. The quantitative estimate of drug-likeness (QED) is 0.354. The van der Waals surface area contributed by atoms with Crippen molar-refractivity contribution in [1.82, 2.24) is 0 Å². The summed E-state index contributed by atoms with van der Waals surface area (Å²) in [6.07, 6.45) is 2.95. The lowest BCUT2D eigenvalue weighted by molar-refractivity contribution is 0.104. The molecule has 0 fully saturated rings. The molecule has 0 aliphatic carbocycles. The van der Waals surface area contributed by atoms with E-state index >= 15 is 0 Å². The number of methoxy groups -OCH3 is 1. The van der Waals surface area contributed by atoms with E-state index in [1.54, 1.807) is 67.8 Å². The van der Waals surface area contributed by atoms with Gasteiger partial charge in [-0.05, 0) is 35.2 Å². The van der Waals surface area contributed by atoms with Crippen LogP contribution < -0.4 is 9.39 Å². The van der Waals surface area contributed by atoms with Crippen molar-refractivity contribution in [3.63, 3.8) is 0 Å². The number of ketones is 1. The first-order valence-electron chi connectivity index (χ1n) is 7.91. The highest BCUT2D eigenvalue weighted by Gasteiger charge is 2.23. The van der Waals surface area contributed by atoms with E-state index in [0.29, 0.717) is 11.1 Å². The van der Waals surface area contributed by atoms with Crippen molar-refractivity contribution in [2.45, 2.75) is 0 Å². The van der Waals surface area contributed by atoms with Crippen LogP contribution in [0.3, 0.4) is 0 Å². The van der Waals surface area contributed by atoms with Crippen LogP contribution >= 0.6 is 0 Å². The topological polar surface area (TPSA) is 35.5 Å². The van der Waals surface area contributed by atoms with Gasteiger partial charge in [0.1, 0.15) is 11.5 Å². The predicted octanol–water partition coefficient (Wildman–Crippen LogP) is 5.05. The number of rotatable bonds is 6. The third-order valence-corrected chi connectivity index (χ3v) is 3.89. The monoisotopic (exact) mass is 352 g/mol. The average molecular weight is 352 g/mol. The van der Waals surface area contributed by atoms with Crippen LogP contribution in [0.25, 0.3) is 16.8 Å². The minimum atomic E-state index is -3.02. The van der Waals surface area contributed by atoms with Gasteiger partial charge in [0.15, 0.2) is 5.78 Å². The molecule has 0 saturated carbocycles. The van der Waals surface area contributed by atoms with E-state index in [1.165, 1.54) is 12.1 Å². The highest BCUT2D eigenvalue weighted by molar-refractivity contribution is 6.36. The number of halogens is 2. The van der Waals surface area contributed by atoms with Crippen molar-refractivity contribution >= 4 is 30.1 Å². The Hall–Kier alpha value is -3.15. The number of carbonyl (C=O) groups excluding carboxylic acids is 1.